The van der Waals surface area contributed by atoms with Crippen molar-refractivity contribution < 1.29 is 32.2 Å². The lowest BCUT2D eigenvalue weighted by Gasteiger charge is -2.26. The zero-order valence-electron chi connectivity index (χ0n) is 17.0. The van der Waals surface area contributed by atoms with Gasteiger partial charge in [-0.15, -0.1) is 0 Å². The van der Waals surface area contributed by atoms with Gasteiger partial charge in [0.05, 0.1) is 32.5 Å². The van der Waals surface area contributed by atoms with Crippen LogP contribution in [0.2, 0.25) is 0 Å². The van der Waals surface area contributed by atoms with Crippen molar-refractivity contribution in [2.75, 3.05) is 40.0 Å². The molecular weight excluding hydrogens is 410 g/mol. The first kappa shape index (κ1) is 22.1. The van der Waals surface area contributed by atoms with Crippen molar-refractivity contribution in [2.45, 2.75) is 18.2 Å². The van der Waals surface area contributed by atoms with Crippen LogP contribution in [0, 0.1) is 0 Å². The van der Waals surface area contributed by atoms with Crippen molar-refractivity contribution in [3.05, 3.63) is 48.0 Å². The van der Waals surface area contributed by atoms with E-state index in [0.717, 1.165) is 6.42 Å². The fourth-order valence-corrected chi connectivity index (χ4v) is 4.55. The number of carbonyl (C=O) groups excluding carboxylic acids is 1. The van der Waals surface area contributed by atoms with E-state index in [1.807, 2.05) is 6.92 Å². The van der Waals surface area contributed by atoms with E-state index in [2.05, 4.69) is 0 Å². The van der Waals surface area contributed by atoms with Gasteiger partial charge in [0.25, 0.3) is 0 Å². The minimum absolute atomic E-state index is 0.0862. The first-order chi connectivity index (χ1) is 14.5. The number of hydrogen-bond donors (Lipinski definition) is 0. The van der Waals surface area contributed by atoms with Crippen LogP contribution < -0.4 is 14.2 Å². The summed E-state index contributed by atoms with van der Waals surface area (Å²) in [6.45, 7) is 3.57. The van der Waals surface area contributed by atoms with Crippen LogP contribution in [0.25, 0.3) is 0 Å². The van der Waals surface area contributed by atoms with E-state index in [1.54, 1.807) is 24.3 Å². The molecule has 8 nitrogen and oxygen atoms in total. The molecule has 2 aromatic carbocycles. The Morgan fingerprint density at radius 1 is 1.07 bits per heavy atom. The van der Waals surface area contributed by atoms with Crippen LogP contribution in [-0.4, -0.2) is 58.7 Å². The second kappa shape index (κ2) is 9.92. The molecule has 1 aliphatic rings. The maximum absolute atomic E-state index is 13.1. The maximum atomic E-state index is 13.1. The number of methoxy groups -OCH3 is 1. The Labute approximate surface area is 176 Å². The quantitative estimate of drug-likeness (QED) is 0.465. The summed E-state index contributed by atoms with van der Waals surface area (Å²) in [5.41, 5.74) is 0.0907. The van der Waals surface area contributed by atoms with E-state index in [4.69, 9.17) is 18.9 Å². The minimum atomic E-state index is -3.86. The fraction of sp³-hybridized carbons (Fsp3) is 0.381. The first-order valence-corrected chi connectivity index (χ1v) is 11.1. The number of benzene rings is 2. The predicted molar refractivity (Wildman–Crippen MR) is 110 cm³/mol. The van der Waals surface area contributed by atoms with Gasteiger partial charge in [-0.25, -0.2) is 13.2 Å². The Morgan fingerprint density at radius 3 is 2.43 bits per heavy atom. The van der Waals surface area contributed by atoms with E-state index in [1.165, 1.54) is 29.6 Å². The van der Waals surface area contributed by atoms with Crippen molar-refractivity contribution in [3.8, 4) is 17.2 Å². The van der Waals surface area contributed by atoms with Crippen LogP contribution >= 0.6 is 0 Å². The van der Waals surface area contributed by atoms with E-state index >= 15 is 0 Å². The maximum Gasteiger partial charge on any atom is 0.343 e. The number of rotatable bonds is 8. The van der Waals surface area contributed by atoms with Gasteiger partial charge < -0.3 is 18.9 Å². The third-order valence-corrected chi connectivity index (χ3v) is 6.42. The average Bonchev–Trinajstić information content (AvgIpc) is 2.78. The highest BCUT2D eigenvalue weighted by Gasteiger charge is 2.30. The molecule has 0 aliphatic carbocycles. The lowest BCUT2D eigenvalue weighted by Crippen LogP contribution is -2.40. The summed E-state index contributed by atoms with van der Waals surface area (Å²) >= 11 is 0. The average molecular weight is 435 g/mol. The van der Waals surface area contributed by atoms with Crippen molar-refractivity contribution >= 4 is 16.0 Å². The van der Waals surface area contributed by atoms with E-state index in [9.17, 15) is 13.2 Å². The molecule has 0 atom stereocenters. The number of sulfonamides is 1. The summed E-state index contributed by atoms with van der Waals surface area (Å²) < 4.78 is 49.0. The lowest BCUT2D eigenvalue weighted by molar-refractivity contribution is 0.0723. The minimum Gasteiger partial charge on any atom is -0.495 e. The topological polar surface area (TPSA) is 91.4 Å². The summed E-state index contributed by atoms with van der Waals surface area (Å²) in [5.74, 6) is 0.181. The largest absolute Gasteiger partial charge is 0.495 e. The van der Waals surface area contributed by atoms with Gasteiger partial charge in [-0.2, -0.15) is 4.31 Å². The molecule has 0 aromatic heterocycles. The second-order valence-corrected chi connectivity index (χ2v) is 8.47. The summed E-state index contributed by atoms with van der Waals surface area (Å²) in [6.07, 6.45) is 0.809. The van der Waals surface area contributed by atoms with Gasteiger partial charge in [0.2, 0.25) is 10.0 Å². The van der Waals surface area contributed by atoms with Crippen molar-refractivity contribution in [3.63, 3.8) is 0 Å². The molecule has 9 heteroatoms. The van der Waals surface area contributed by atoms with Crippen molar-refractivity contribution in [1.82, 2.24) is 4.31 Å². The molecule has 30 heavy (non-hydrogen) atoms. The van der Waals surface area contributed by atoms with Crippen molar-refractivity contribution in [2.24, 2.45) is 0 Å². The first-order valence-electron chi connectivity index (χ1n) is 9.67. The molecule has 0 amide bonds. The van der Waals surface area contributed by atoms with Crippen LogP contribution in [0.5, 0.6) is 17.2 Å². The van der Waals surface area contributed by atoms with Gasteiger partial charge in [-0.3, -0.25) is 0 Å². The highest BCUT2D eigenvalue weighted by Crippen LogP contribution is 2.31. The van der Waals surface area contributed by atoms with Gasteiger partial charge in [0, 0.05) is 13.1 Å². The molecule has 0 N–H and O–H groups in total. The number of esters is 1. The number of ether oxygens (including phenoxy) is 4. The Morgan fingerprint density at radius 2 is 1.77 bits per heavy atom. The molecule has 1 fully saturated rings. The molecule has 1 aliphatic heterocycles. The number of carbonyl (C=O) groups is 1. The number of morpholine rings is 1. The number of para-hydroxylation sites is 2. The molecule has 1 saturated heterocycles. The normalized spacial score (nSPS) is 14.9. The Hall–Kier alpha value is -2.62. The van der Waals surface area contributed by atoms with Gasteiger partial charge in [-0.1, -0.05) is 19.1 Å². The van der Waals surface area contributed by atoms with Crippen LogP contribution in [0.4, 0.5) is 0 Å². The summed E-state index contributed by atoms with van der Waals surface area (Å²) in [6, 6.07) is 11.0. The Bertz CT molecular complexity index is 985. The summed E-state index contributed by atoms with van der Waals surface area (Å²) in [5, 5.41) is 0. The number of hydrogen-bond acceptors (Lipinski definition) is 7. The molecule has 0 bridgehead atoms. The lowest BCUT2D eigenvalue weighted by atomic mass is 10.2. The third-order valence-electron chi connectivity index (χ3n) is 4.50. The monoisotopic (exact) mass is 435 g/mol. The third kappa shape index (κ3) is 4.92. The van der Waals surface area contributed by atoms with E-state index in [0.29, 0.717) is 25.6 Å². The molecule has 0 saturated carbocycles. The van der Waals surface area contributed by atoms with E-state index < -0.39 is 16.0 Å². The smallest absolute Gasteiger partial charge is 0.343 e. The molecule has 2 aromatic rings. The molecule has 0 radical (unpaired) electrons. The zero-order chi connectivity index (χ0) is 21.6. The van der Waals surface area contributed by atoms with Crippen LogP contribution in [0.1, 0.15) is 23.7 Å². The fourth-order valence-electron chi connectivity index (χ4n) is 2.96. The SMILES string of the molecule is CCCOc1ccccc1OC(=O)c1ccc(OC)c(S(=O)(=O)N2CCOCC2)c1. The van der Waals surface area contributed by atoms with Gasteiger partial charge >= 0.3 is 5.97 Å². The molecule has 162 valence electrons. The molecular formula is C21H25NO7S. The molecule has 3 rings (SSSR count). The molecule has 0 unspecified atom stereocenters. The molecule has 0 spiro atoms. The Kier molecular flexibility index (Phi) is 7.30. The van der Waals surface area contributed by atoms with Crippen LogP contribution in [0.3, 0.4) is 0 Å². The van der Waals surface area contributed by atoms with Gasteiger partial charge in [0.15, 0.2) is 11.5 Å². The predicted octanol–water partition coefficient (Wildman–Crippen LogP) is 2.72. The second-order valence-electron chi connectivity index (χ2n) is 6.57. The standard InChI is InChI=1S/C21H25NO7S/c1-3-12-28-17-6-4-5-7-18(17)29-21(23)16-8-9-19(26-2)20(15-16)30(24,25)22-10-13-27-14-11-22/h4-9,15H,3,10-14H2,1-2H3. The summed E-state index contributed by atoms with van der Waals surface area (Å²) in [4.78, 5) is 12.7. The van der Waals surface area contributed by atoms with Gasteiger partial charge in [-0.05, 0) is 36.8 Å². The van der Waals surface area contributed by atoms with Gasteiger partial charge in [0.1, 0.15) is 10.6 Å². The van der Waals surface area contributed by atoms with Crippen LogP contribution in [-0.2, 0) is 14.8 Å². The van der Waals surface area contributed by atoms with Crippen LogP contribution in [0.15, 0.2) is 47.4 Å². The highest BCUT2D eigenvalue weighted by molar-refractivity contribution is 7.89. The van der Waals surface area contributed by atoms with Crippen molar-refractivity contribution in [1.29, 1.82) is 0 Å². The highest BCUT2D eigenvalue weighted by atomic mass is 32.2. The molecule has 1 heterocycles. The number of nitrogens with zero attached hydrogens (tertiary/aromatic N) is 1. The van der Waals surface area contributed by atoms with E-state index in [-0.39, 0.29) is 35.0 Å². The zero-order valence-corrected chi connectivity index (χ0v) is 17.8. The Balaban J connectivity index is 1.89. The summed E-state index contributed by atoms with van der Waals surface area (Å²) in [7, 11) is -2.48.